The Balaban J connectivity index is 2.34. The molecule has 0 fully saturated rings. The molecule has 1 atom stereocenters. The standard InChI is InChI=1S/C13H16BrNO4S/c1-13(2)11(8-9-4-6-10(14)7-5-9)20(16,17)15-12(18-3)19-13/h4-7,11H,8H2,1-3H3. The van der Waals surface area contributed by atoms with Gasteiger partial charge < -0.3 is 9.47 Å². The molecule has 2 rings (SSSR count). The van der Waals surface area contributed by atoms with Gasteiger partial charge in [-0.1, -0.05) is 32.5 Å². The van der Waals surface area contributed by atoms with Crippen molar-refractivity contribution in [2.24, 2.45) is 4.40 Å². The van der Waals surface area contributed by atoms with Gasteiger partial charge in [0.15, 0.2) is 0 Å². The Bertz CT molecular complexity index is 622. The number of hydrogen-bond donors (Lipinski definition) is 0. The minimum Gasteiger partial charge on any atom is -0.453 e. The molecule has 1 aliphatic heterocycles. The SMILES string of the molecule is COC1=NS(=O)(=O)C(Cc2ccc(Br)cc2)C(C)(C)O1. The number of methoxy groups -OCH3 is 1. The summed E-state index contributed by atoms with van der Waals surface area (Å²) in [5, 5.41) is -0.755. The summed E-state index contributed by atoms with van der Waals surface area (Å²) in [6.07, 6.45) is 0.130. The first kappa shape index (κ1) is 15.3. The van der Waals surface area contributed by atoms with Crippen molar-refractivity contribution in [2.75, 3.05) is 7.11 Å². The van der Waals surface area contributed by atoms with Gasteiger partial charge in [-0.05, 0) is 38.0 Å². The van der Waals surface area contributed by atoms with E-state index in [4.69, 9.17) is 9.47 Å². The minimum absolute atomic E-state index is 0.206. The number of hydrogen-bond acceptors (Lipinski definition) is 4. The van der Waals surface area contributed by atoms with Crippen molar-refractivity contribution in [1.82, 2.24) is 0 Å². The Morgan fingerprint density at radius 2 is 1.95 bits per heavy atom. The van der Waals surface area contributed by atoms with Crippen LogP contribution in [0.4, 0.5) is 0 Å². The van der Waals surface area contributed by atoms with E-state index in [1.165, 1.54) is 7.11 Å². The average Bonchev–Trinajstić information content (AvgIpc) is 2.35. The van der Waals surface area contributed by atoms with E-state index in [2.05, 4.69) is 20.3 Å². The van der Waals surface area contributed by atoms with Crippen molar-refractivity contribution in [2.45, 2.75) is 31.1 Å². The largest absolute Gasteiger partial charge is 0.453 e. The number of rotatable bonds is 2. The summed E-state index contributed by atoms with van der Waals surface area (Å²) >= 11 is 3.35. The number of benzene rings is 1. The third-order valence-electron chi connectivity index (χ3n) is 3.20. The summed E-state index contributed by atoms with van der Waals surface area (Å²) in [5.41, 5.74) is 0.00782. The van der Waals surface area contributed by atoms with Crippen LogP contribution in [0.25, 0.3) is 0 Å². The molecule has 0 saturated heterocycles. The number of halogens is 1. The Labute approximate surface area is 127 Å². The van der Waals surface area contributed by atoms with E-state index in [0.717, 1.165) is 10.0 Å². The second-order valence-corrected chi connectivity index (χ2v) is 7.80. The number of ether oxygens (including phenoxy) is 2. The van der Waals surface area contributed by atoms with Crippen molar-refractivity contribution < 1.29 is 17.9 Å². The molecular formula is C13H16BrNO4S. The van der Waals surface area contributed by atoms with Crippen molar-refractivity contribution >= 4 is 32.0 Å². The number of nitrogens with zero attached hydrogens (tertiary/aromatic N) is 1. The van der Waals surface area contributed by atoms with Crippen LogP contribution < -0.4 is 0 Å². The van der Waals surface area contributed by atoms with Crippen LogP contribution in [0.1, 0.15) is 19.4 Å². The third kappa shape index (κ3) is 3.15. The van der Waals surface area contributed by atoms with E-state index < -0.39 is 20.9 Å². The van der Waals surface area contributed by atoms with Crippen LogP contribution in [-0.4, -0.2) is 32.5 Å². The predicted octanol–water partition coefficient (Wildman–Crippen LogP) is 2.50. The fourth-order valence-corrected chi connectivity index (χ4v) is 3.98. The Kier molecular flexibility index (Phi) is 4.11. The molecule has 1 aliphatic rings. The highest BCUT2D eigenvalue weighted by molar-refractivity contribution is 9.10. The Hall–Kier alpha value is -1.08. The highest BCUT2D eigenvalue weighted by atomic mass is 79.9. The maximum absolute atomic E-state index is 12.3. The second kappa shape index (κ2) is 5.37. The summed E-state index contributed by atoms with van der Waals surface area (Å²) in [7, 11) is -2.34. The molecule has 7 heteroatoms. The molecule has 0 bridgehead atoms. The molecule has 1 aromatic rings. The van der Waals surface area contributed by atoms with Crippen molar-refractivity contribution in [1.29, 1.82) is 0 Å². The molecular weight excluding hydrogens is 346 g/mol. The molecule has 1 unspecified atom stereocenters. The molecule has 0 amide bonds. The van der Waals surface area contributed by atoms with Crippen LogP contribution in [-0.2, 0) is 25.9 Å². The van der Waals surface area contributed by atoms with E-state index in [-0.39, 0.29) is 6.08 Å². The zero-order chi connectivity index (χ0) is 15.0. The lowest BCUT2D eigenvalue weighted by Gasteiger charge is -2.35. The molecule has 0 saturated carbocycles. The second-order valence-electron chi connectivity index (χ2n) is 5.10. The highest BCUT2D eigenvalue weighted by Gasteiger charge is 2.46. The summed E-state index contributed by atoms with van der Waals surface area (Å²) in [6, 6.07) is 7.52. The molecule has 110 valence electrons. The Morgan fingerprint density at radius 1 is 1.35 bits per heavy atom. The zero-order valence-corrected chi connectivity index (χ0v) is 13.9. The van der Waals surface area contributed by atoms with Gasteiger partial charge in [-0.2, -0.15) is 0 Å². The van der Waals surface area contributed by atoms with Gasteiger partial charge in [0, 0.05) is 4.47 Å². The monoisotopic (exact) mass is 361 g/mol. The van der Waals surface area contributed by atoms with E-state index >= 15 is 0 Å². The summed E-state index contributed by atoms with van der Waals surface area (Å²) < 4.78 is 39.4. The van der Waals surface area contributed by atoms with Crippen LogP contribution in [0, 0.1) is 0 Å². The topological polar surface area (TPSA) is 65.0 Å². The van der Waals surface area contributed by atoms with E-state index in [1.807, 2.05) is 24.3 Å². The van der Waals surface area contributed by atoms with Gasteiger partial charge in [-0.15, -0.1) is 0 Å². The molecule has 5 nitrogen and oxygen atoms in total. The molecule has 20 heavy (non-hydrogen) atoms. The number of sulfonamides is 1. The van der Waals surface area contributed by atoms with Gasteiger partial charge in [0.25, 0.3) is 10.0 Å². The fourth-order valence-electron chi connectivity index (χ4n) is 2.10. The van der Waals surface area contributed by atoms with E-state index in [9.17, 15) is 8.42 Å². The van der Waals surface area contributed by atoms with Gasteiger partial charge >= 0.3 is 6.08 Å². The van der Waals surface area contributed by atoms with Gasteiger partial charge in [0.1, 0.15) is 10.9 Å². The first-order valence-corrected chi connectivity index (χ1v) is 8.35. The van der Waals surface area contributed by atoms with Gasteiger partial charge in [0.05, 0.1) is 7.11 Å². The smallest absolute Gasteiger partial charge is 0.399 e. The lowest BCUT2D eigenvalue weighted by Crippen LogP contribution is -2.50. The van der Waals surface area contributed by atoms with Crippen LogP contribution in [0.5, 0.6) is 0 Å². The zero-order valence-electron chi connectivity index (χ0n) is 11.5. The maximum atomic E-state index is 12.3. The molecule has 0 spiro atoms. The van der Waals surface area contributed by atoms with Crippen LogP contribution in [0.15, 0.2) is 33.1 Å². The molecule has 1 aromatic carbocycles. The quantitative estimate of drug-likeness (QED) is 0.811. The third-order valence-corrected chi connectivity index (χ3v) is 5.58. The van der Waals surface area contributed by atoms with Crippen LogP contribution in [0.2, 0.25) is 0 Å². The van der Waals surface area contributed by atoms with Gasteiger partial charge in [-0.3, -0.25) is 0 Å². The van der Waals surface area contributed by atoms with Crippen molar-refractivity contribution in [3.63, 3.8) is 0 Å². The van der Waals surface area contributed by atoms with Gasteiger partial charge in [0.2, 0.25) is 0 Å². The lowest BCUT2D eigenvalue weighted by atomic mass is 9.98. The molecule has 0 aromatic heterocycles. The average molecular weight is 362 g/mol. The first-order valence-electron chi connectivity index (χ1n) is 6.06. The summed E-state index contributed by atoms with van der Waals surface area (Å²) in [4.78, 5) is 0. The highest BCUT2D eigenvalue weighted by Crippen LogP contribution is 2.31. The molecule has 0 N–H and O–H groups in total. The molecule has 0 aliphatic carbocycles. The molecule has 1 heterocycles. The normalized spacial score (nSPS) is 23.6. The van der Waals surface area contributed by atoms with Crippen molar-refractivity contribution in [3.05, 3.63) is 34.3 Å². The Morgan fingerprint density at radius 3 is 2.45 bits per heavy atom. The van der Waals surface area contributed by atoms with Crippen LogP contribution in [0.3, 0.4) is 0 Å². The predicted molar refractivity (Wildman–Crippen MR) is 80.2 cm³/mol. The fraction of sp³-hybridized carbons (Fsp3) is 0.462. The summed E-state index contributed by atoms with van der Waals surface area (Å²) in [5.74, 6) is 0. The minimum atomic E-state index is -3.67. The van der Waals surface area contributed by atoms with Gasteiger partial charge in [-0.25, -0.2) is 8.42 Å². The first-order chi connectivity index (χ1) is 9.24. The van der Waals surface area contributed by atoms with Crippen LogP contribution >= 0.6 is 15.9 Å². The maximum Gasteiger partial charge on any atom is 0.399 e. The van der Waals surface area contributed by atoms with E-state index in [0.29, 0.717) is 6.42 Å². The summed E-state index contributed by atoms with van der Waals surface area (Å²) in [6.45, 7) is 3.45. The van der Waals surface area contributed by atoms with E-state index in [1.54, 1.807) is 13.8 Å². The lowest BCUT2D eigenvalue weighted by molar-refractivity contribution is 0.0445. The molecule has 0 radical (unpaired) electrons. The van der Waals surface area contributed by atoms with Crippen molar-refractivity contribution in [3.8, 4) is 0 Å².